The topological polar surface area (TPSA) is 67.2 Å². The van der Waals surface area contributed by atoms with Crippen LogP contribution in [0.25, 0.3) is 0 Å². The zero-order valence-electron chi connectivity index (χ0n) is 4.96. The van der Waals surface area contributed by atoms with Gasteiger partial charge in [0.05, 0.1) is 6.04 Å². The van der Waals surface area contributed by atoms with Crippen molar-refractivity contribution in [2.45, 2.75) is 12.5 Å². The average Bonchev–Trinajstić information content (AvgIpc) is 2.15. The Morgan fingerprint density at radius 2 is 2.56 bits per heavy atom. The molecule has 1 aliphatic rings. The number of nitro groups is 1. The van der Waals surface area contributed by atoms with Gasteiger partial charge in [-0.25, -0.2) is 5.43 Å². The summed E-state index contributed by atoms with van der Waals surface area (Å²) < 4.78 is 0. The maximum absolute atomic E-state index is 9.89. The van der Waals surface area contributed by atoms with Crippen LogP contribution in [0, 0.1) is 10.1 Å². The van der Waals surface area contributed by atoms with Gasteiger partial charge in [0.2, 0.25) is 6.54 Å². The van der Waals surface area contributed by atoms with Gasteiger partial charge in [-0.15, -0.1) is 0 Å². The van der Waals surface area contributed by atoms with Gasteiger partial charge in [0, 0.05) is 11.5 Å². The first kappa shape index (κ1) is 6.44. The van der Waals surface area contributed by atoms with Crippen molar-refractivity contribution >= 4 is 0 Å². The fraction of sp³-hybridized carbons (Fsp3) is 1.00. The quantitative estimate of drug-likeness (QED) is 0.377. The third kappa shape index (κ3) is 1.95. The first-order valence-corrected chi connectivity index (χ1v) is 2.89. The van der Waals surface area contributed by atoms with Gasteiger partial charge in [-0.3, -0.25) is 15.5 Å². The average molecular weight is 131 g/mol. The summed E-state index contributed by atoms with van der Waals surface area (Å²) >= 11 is 0. The van der Waals surface area contributed by atoms with Crippen LogP contribution in [0.2, 0.25) is 0 Å². The first-order valence-electron chi connectivity index (χ1n) is 2.89. The lowest BCUT2D eigenvalue weighted by Gasteiger charge is -2.00. The minimum atomic E-state index is -0.301. The van der Waals surface area contributed by atoms with Crippen LogP contribution in [0.3, 0.4) is 0 Å². The van der Waals surface area contributed by atoms with Crippen molar-refractivity contribution in [2.24, 2.45) is 0 Å². The third-order valence-corrected chi connectivity index (χ3v) is 1.29. The Labute approximate surface area is 52.6 Å². The lowest BCUT2D eigenvalue weighted by Crippen LogP contribution is -2.34. The molecule has 0 bridgehead atoms. The van der Waals surface area contributed by atoms with Gasteiger partial charge in [-0.2, -0.15) is 0 Å². The molecule has 5 heteroatoms. The molecule has 0 aromatic heterocycles. The predicted molar refractivity (Wildman–Crippen MR) is 31.4 cm³/mol. The third-order valence-electron chi connectivity index (χ3n) is 1.29. The molecule has 2 N–H and O–H groups in total. The molecule has 1 atom stereocenters. The van der Waals surface area contributed by atoms with Crippen molar-refractivity contribution in [3.63, 3.8) is 0 Å². The summed E-state index contributed by atoms with van der Waals surface area (Å²) in [4.78, 5) is 9.59. The van der Waals surface area contributed by atoms with Gasteiger partial charge in [0.25, 0.3) is 0 Å². The fourth-order valence-electron chi connectivity index (χ4n) is 0.852. The molecule has 9 heavy (non-hydrogen) atoms. The van der Waals surface area contributed by atoms with Crippen molar-refractivity contribution in [2.75, 3.05) is 13.1 Å². The number of rotatable bonds is 2. The zero-order valence-corrected chi connectivity index (χ0v) is 4.96. The minimum absolute atomic E-state index is 0.0208. The van der Waals surface area contributed by atoms with Gasteiger partial charge >= 0.3 is 0 Å². The van der Waals surface area contributed by atoms with Crippen molar-refractivity contribution in [1.29, 1.82) is 0 Å². The second-order valence-corrected chi connectivity index (χ2v) is 2.07. The van der Waals surface area contributed by atoms with Crippen LogP contribution in [0.4, 0.5) is 0 Å². The lowest BCUT2D eigenvalue weighted by atomic mass is 10.2. The van der Waals surface area contributed by atoms with Crippen molar-refractivity contribution < 1.29 is 4.92 Å². The molecule has 0 aromatic carbocycles. The fourth-order valence-corrected chi connectivity index (χ4v) is 0.852. The van der Waals surface area contributed by atoms with E-state index >= 15 is 0 Å². The van der Waals surface area contributed by atoms with E-state index in [9.17, 15) is 10.1 Å². The van der Waals surface area contributed by atoms with Crippen LogP contribution in [-0.2, 0) is 0 Å². The summed E-state index contributed by atoms with van der Waals surface area (Å²) in [5.41, 5.74) is 5.62. The molecule has 52 valence electrons. The Bertz CT molecular complexity index is 110. The van der Waals surface area contributed by atoms with Crippen molar-refractivity contribution in [1.82, 2.24) is 10.9 Å². The van der Waals surface area contributed by atoms with Crippen LogP contribution in [0.5, 0.6) is 0 Å². The summed E-state index contributed by atoms with van der Waals surface area (Å²) in [6, 6.07) is 0.0278. The Kier molecular flexibility index (Phi) is 1.96. The largest absolute Gasteiger partial charge is 0.264 e. The van der Waals surface area contributed by atoms with E-state index < -0.39 is 0 Å². The first-order chi connectivity index (χ1) is 4.29. The van der Waals surface area contributed by atoms with Crippen LogP contribution in [0.1, 0.15) is 6.42 Å². The van der Waals surface area contributed by atoms with E-state index in [0.717, 1.165) is 13.0 Å². The Hall–Kier alpha value is -0.680. The Morgan fingerprint density at radius 1 is 1.78 bits per heavy atom. The highest BCUT2D eigenvalue weighted by Crippen LogP contribution is 1.94. The molecule has 1 saturated heterocycles. The molecule has 0 aliphatic carbocycles. The Balaban J connectivity index is 2.19. The van der Waals surface area contributed by atoms with Gasteiger partial charge in [-0.05, 0) is 6.42 Å². The van der Waals surface area contributed by atoms with Crippen LogP contribution in [0.15, 0.2) is 0 Å². The number of nitrogens with zero attached hydrogens (tertiary/aromatic N) is 1. The van der Waals surface area contributed by atoms with Crippen molar-refractivity contribution in [3.05, 3.63) is 10.1 Å². The molecule has 1 aliphatic heterocycles. The molecule has 0 amide bonds. The molecule has 5 nitrogen and oxygen atoms in total. The predicted octanol–water partition coefficient (Wildman–Crippen LogP) is -0.870. The molecule has 1 heterocycles. The van der Waals surface area contributed by atoms with E-state index in [1.54, 1.807) is 0 Å². The number of hydrazine groups is 1. The lowest BCUT2D eigenvalue weighted by molar-refractivity contribution is -0.483. The van der Waals surface area contributed by atoms with E-state index in [2.05, 4.69) is 10.9 Å². The molecular formula is C4H9N3O2. The van der Waals surface area contributed by atoms with Gasteiger partial charge in [0.15, 0.2) is 0 Å². The molecule has 0 saturated carbocycles. The summed E-state index contributed by atoms with van der Waals surface area (Å²) in [5.74, 6) is 0. The Morgan fingerprint density at radius 3 is 3.00 bits per heavy atom. The normalized spacial score (nSPS) is 26.4. The zero-order chi connectivity index (χ0) is 6.69. The van der Waals surface area contributed by atoms with Crippen molar-refractivity contribution in [3.8, 4) is 0 Å². The van der Waals surface area contributed by atoms with Crippen LogP contribution >= 0.6 is 0 Å². The van der Waals surface area contributed by atoms with Gasteiger partial charge in [-0.1, -0.05) is 0 Å². The van der Waals surface area contributed by atoms with Crippen LogP contribution < -0.4 is 10.9 Å². The van der Waals surface area contributed by atoms with E-state index in [1.807, 2.05) is 0 Å². The molecule has 0 aromatic rings. The second kappa shape index (κ2) is 2.75. The summed E-state index contributed by atoms with van der Waals surface area (Å²) in [7, 11) is 0. The van der Waals surface area contributed by atoms with Crippen LogP contribution in [-0.4, -0.2) is 24.1 Å². The highest BCUT2D eigenvalue weighted by Gasteiger charge is 2.18. The molecule has 1 fully saturated rings. The highest BCUT2D eigenvalue weighted by atomic mass is 16.6. The van der Waals surface area contributed by atoms with E-state index in [-0.39, 0.29) is 17.5 Å². The number of hydrogen-bond acceptors (Lipinski definition) is 4. The summed E-state index contributed by atoms with van der Waals surface area (Å²) in [5, 5.41) is 9.89. The molecule has 0 spiro atoms. The van der Waals surface area contributed by atoms with Gasteiger partial charge < -0.3 is 0 Å². The van der Waals surface area contributed by atoms with E-state index in [0.29, 0.717) is 0 Å². The summed E-state index contributed by atoms with van der Waals surface area (Å²) in [6.45, 7) is 0.853. The maximum Gasteiger partial charge on any atom is 0.220 e. The molecular weight excluding hydrogens is 122 g/mol. The van der Waals surface area contributed by atoms with Gasteiger partial charge in [0.1, 0.15) is 0 Å². The molecule has 0 radical (unpaired) electrons. The second-order valence-electron chi connectivity index (χ2n) is 2.07. The number of hydrogen-bond donors (Lipinski definition) is 2. The minimum Gasteiger partial charge on any atom is -0.264 e. The number of nitrogens with one attached hydrogen (secondary N) is 2. The maximum atomic E-state index is 9.89. The monoisotopic (exact) mass is 131 g/mol. The standard InChI is InChI=1S/C4H9N3O2/c8-7(9)3-4-1-2-5-6-4/h4-6H,1-3H2. The SMILES string of the molecule is O=[N+]([O-])CC1CCNN1. The summed E-state index contributed by atoms with van der Waals surface area (Å²) in [6.07, 6.45) is 0.848. The smallest absolute Gasteiger partial charge is 0.220 e. The van der Waals surface area contributed by atoms with E-state index in [1.165, 1.54) is 0 Å². The van der Waals surface area contributed by atoms with E-state index in [4.69, 9.17) is 0 Å². The molecule has 1 unspecified atom stereocenters. The molecule has 1 rings (SSSR count). The highest BCUT2D eigenvalue weighted by molar-refractivity contribution is 4.69.